The van der Waals surface area contributed by atoms with Crippen molar-refractivity contribution in [1.29, 1.82) is 0 Å². The molecule has 1 fully saturated rings. The largest absolute Gasteiger partial charge is 0.394 e. The summed E-state index contributed by atoms with van der Waals surface area (Å²) in [6.07, 6.45) is 6.86. The Morgan fingerprint density at radius 1 is 1.47 bits per heavy atom. The van der Waals surface area contributed by atoms with Gasteiger partial charge < -0.3 is 15.8 Å². The molecule has 5 nitrogen and oxygen atoms in total. The van der Waals surface area contributed by atoms with Gasteiger partial charge in [-0.3, -0.25) is 0 Å². The molecule has 0 aromatic carbocycles. The number of anilines is 2. The lowest BCUT2D eigenvalue weighted by molar-refractivity contribution is 0.0659. The third-order valence-electron chi connectivity index (χ3n) is 2.84. The van der Waals surface area contributed by atoms with Gasteiger partial charge in [0.15, 0.2) is 5.82 Å². The van der Waals surface area contributed by atoms with Gasteiger partial charge in [-0.15, -0.1) is 0 Å². The van der Waals surface area contributed by atoms with Crippen molar-refractivity contribution in [3.8, 4) is 0 Å². The molecule has 1 aliphatic carbocycles. The van der Waals surface area contributed by atoms with Gasteiger partial charge in [-0.25, -0.2) is 4.98 Å². The number of hydrogen-bond donors (Lipinski definition) is 2. The van der Waals surface area contributed by atoms with E-state index in [4.69, 9.17) is 22.1 Å². The Kier molecular flexibility index (Phi) is 4.39. The van der Waals surface area contributed by atoms with E-state index < -0.39 is 0 Å². The predicted octanol–water partition coefficient (Wildman–Crippen LogP) is 2.08. The van der Waals surface area contributed by atoms with E-state index in [-0.39, 0.29) is 5.28 Å². The fourth-order valence-corrected chi connectivity index (χ4v) is 2.09. The van der Waals surface area contributed by atoms with Gasteiger partial charge in [0.25, 0.3) is 0 Å². The molecule has 2 rings (SSSR count). The van der Waals surface area contributed by atoms with E-state index in [2.05, 4.69) is 15.3 Å². The third-order valence-corrected chi connectivity index (χ3v) is 3.02. The van der Waals surface area contributed by atoms with Gasteiger partial charge in [-0.1, -0.05) is 12.8 Å². The van der Waals surface area contributed by atoms with Crippen LogP contribution in [-0.2, 0) is 4.74 Å². The molecule has 0 bridgehead atoms. The van der Waals surface area contributed by atoms with Crippen LogP contribution in [0, 0.1) is 0 Å². The summed E-state index contributed by atoms with van der Waals surface area (Å²) >= 11 is 5.68. The normalized spacial score (nSPS) is 16.3. The molecule has 1 saturated carbocycles. The van der Waals surface area contributed by atoms with E-state index in [1.165, 1.54) is 31.9 Å². The average molecular weight is 257 g/mol. The Hall–Kier alpha value is -1.07. The summed E-state index contributed by atoms with van der Waals surface area (Å²) in [4.78, 5) is 7.79. The molecule has 1 heterocycles. The van der Waals surface area contributed by atoms with Gasteiger partial charge in [0.05, 0.1) is 24.6 Å². The zero-order valence-corrected chi connectivity index (χ0v) is 10.4. The second-order valence-corrected chi connectivity index (χ2v) is 4.49. The van der Waals surface area contributed by atoms with Gasteiger partial charge in [-0.05, 0) is 24.4 Å². The lowest BCUT2D eigenvalue weighted by Crippen LogP contribution is -2.16. The summed E-state index contributed by atoms with van der Waals surface area (Å²) < 4.78 is 5.72. The number of nitrogens with one attached hydrogen (secondary N) is 1. The van der Waals surface area contributed by atoms with Crippen LogP contribution >= 0.6 is 11.6 Å². The maximum absolute atomic E-state index is 5.72. The molecule has 6 heteroatoms. The van der Waals surface area contributed by atoms with Crippen LogP contribution in [0.2, 0.25) is 5.28 Å². The first-order valence-electron chi connectivity index (χ1n) is 5.89. The zero-order valence-electron chi connectivity index (χ0n) is 9.66. The topological polar surface area (TPSA) is 73.1 Å². The van der Waals surface area contributed by atoms with Crippen LogP contribution in [0.5, 0.6) is 0 Å². The molecular weight excluding hydrogens is 240 g/mol. The van der Waals surface area contributed by atoms with Crippen molar-refractivity contribution in [2.75, 3.05) is 24.2 Å². The lowest BCUT2D eigenvalue weighted by Gasteiger charge is -2.12. The highest BCUT2D eigenvalue weighted by Gasteiger charge is 2.14. The molecule has 0 atom stereocenters. The second-order valence-electron chi connectivity index (χ2n) is 4.15. The molecule has 0 unspecified atom stereocenters. The van der Waals surface area contributed by atoms with Crippen LogP contribution < -0.4 is 11.1 Å². The van der Waals surface area contributed by atoms with Crippen LogP contribution in [0.15, 0.2) is 6.20 Å². The van der Waals surface area contributed by atoms with Crippen molar-refractivity contribution in [3.05, 3.63) is 11.5 Å². The molecule has 1 aromatic rings. The van der Waals surface area contributed by atoms with Crippen LogP contribution in [0.3, 0.4) is 0 Å². The summed E-state index contributed by atoms with van der Waals surface area (Å²) in [6, 6.07) is 0. The molecule has 0 amide bonds. The first kappa shape index (κ1) is 12.4. The maximum atomic E-state index is 5.72. The highest BCUT2D eigenvalue weighted by Crippen LogP contribution is 2.20. The zero-order chi connectivity index (χ0) is 12.1. The standard InChI is InChI=1S/C11H17ClN4O/c12-11-15-7-9(13)10(16-11)14-5-6-17-8-3-1-2-4-8/h7-8H,1-6,13H2,(H,14,15,16). The second kappa shape index (κ2) is 6.02. The minimum absolute atomic E-state index is 0.193. The van der Waals surface area contributed by atoms with Gasteiger partial charge >= 0.3 is 0 Å². The van der Waals surface area contributed by atoms with Crippen molar-refractivity contribution in [1.82, 2.24) is 9.97 Å². The quantitative estimate of drug-likeness (QED) is 0.623. The first-order valence-corrected chi connectivity index (χ1v) is 6.27. The van der Waals surface area contributed by atoms with E-state index >= 15 is 0 Å². The first-order chi connectivity index (χ1) is 8.25. The summed E-state index contributed by atoms with van der Waals surface area (Å²) in [5.74, 6) is 0.569. The van der Waals surface area contributed by atoms with E-state index in [9.17, 15) is 0 Å². The van der Waals surface area contributed by atoms with Crippen molar-refractivity contribution in [3.63, 3.8) is 0 Å². The number of nitrogens with two attached hydrogens (primary N) is 1. The Bertz CT molecular complexity index is 368. The SMILES string of the molecule is Nc1cnc(Cl)nc1NCCOC1CCCC1. The third kappa shape index (κ3) is 3.71. The van der Waals surface area contributed by atoms with E-state index in [1.54, 1.807) is 0 Å². The highest BCUT2D eigenvalue weighted by atomic mass is 35.5. The van der Waals surface area contributed by atoms with E-state index in [1.807, 2.05) is 0 Å². The number of nitrogen functional groups attached to an aromatic ring is 1. The van der Waals surface area contributed by atoms with Crippen LogP contribution in [0.4, 0.5) is 11.5 Å². The summed E-state index contributed by atoms with van der Waals surface area (Å²) in [5.41, 5.74) is 6.20. The number of halogens is 1. The van der Waals surface area contributed by atoms with Gasteiger partial charge in [0.1, 0.15) is 0 Å². The molecule has 17 heavy (non-hydrogen) atoms. The molecule has 94 valence electrons. The Morgan fingerprint density at radius 2 is 2.24 bits per heavy atom. The Labute approximate surface area is 106 Å². The van der Waals surface area contributed by atoms with Crippen molar-refractivity contribution >= 4 is 23.1 Å². The van der Waals surface area contributed by atoms with Crippen LogP contribution in [0.1, 0.15) is 25.7 Å². The number of nitrogens with zero attached hydrogens (tertiary/aromatic N) is 2. The number of rotatable bonds is 5. The Morgan fingerprint density at radius 3 is 3.00 bits per heavy atom. The molecule has 3 N–H and O–H groups in total. The highest BCUT2D eigenvalue weighted by molar-refractivity contribution is 6.28. The molecule has 1 aromatic heterocycles. The minimum Gasteiger partial charge on any atom is -0.394 e. The van der Waals surface area contributed by atoms with Gasteiger partial charge in [0.2, 0.25) is 5.28 Å². The fraction of sp³-hybridized carbons (Fsp3) is 0.636. The summed E-state index contributed by atoms with van der Waals surface area (Å²) in [5, 5.41) is 3.29. The van der Waals surface area contributed by atoms with Crippen molar-refractivity contribution in [2.45, 2.75) is 31.8 Å². The predicted molar refractivity (Wildman–Crippen MR) is 68.2 cm³/mol. The van der Waals surface area contributed by atoms with Crippen molar-refractivity contribution < 1.29 is 4.74 Å². The summed E-state index contributed by atoms with van der Waals surface area (Å²) in [6.45, 7) is 1.33. The average Bonchev–Trinajstić information content (AvgIpc) is 2.82. The van der Waals surface area contributed by atoms with Gasteiger partial charge in [-0.2, -0.15) is 4.98 Å². The fourth-order valence-electron chi connectivity index (χ4n) is 1.96. The Balaban J connectivity index is 1.72. The van der Waals surface area contributed by atoms with Crippen molar-refractivity contribution in [2.24, 2.45) is 0 Å². The van der Waals surface area contributed by atoms with E-state index in [0.717, 1.165) is 0 Å². The molecule has 0 radical (unpaired) electrons. The molecular formula is C11H17ClN4O. The minimum atomic E-state index is 0.193. The monoisotopic (exact) mass is 256 g/mol. The number of hydrogen-bond acceptors (Lipinski definition) is 5. The van der Waals surface area contributed by atoms with E-state index in [0.29, 0.717) is 30.8 Å². The molecule has 0 saturated heterocycles. The van der Waals surface area contributed by atoms with Crippen LogP contribution in [0.25, 0.3) is 0 Å². The molecule has 0 aliphatic heterocycles. The number of ether oxygens (including phenoxy) is 1. The maximum Gasteiger partial charge on any atom is 0.224 e. The van der Waals surface area contributed by atoms with Gasteiger partial charge in [0, 0.05) is 6.54 Å². The smallest absolute Gasteiger partial charge is 0.224 e. The number of aromatic nitrogens is 2. The van der Waals surface area contributed by atoms with Crippen LogP contribution in [-0.4, -0.2) is 29.2 Å². The lowest BCUT2D eigenvalue weighted by atomic mass is 10.3. The molecule has 0 spiro atoms. The molecule has 1 aliphatic rings. The summed E-state index contributed by atoms with van der Waals surface area (Å²) in [7, 11) is 0.